The molecule has 4 nitrogen and oxygen atoms in total. The zero-order chi connectivity index (χ0) is 14.0. The maximum absolute atomic E-state index is 12.4. The molecule has 1 amide bonds. The van der Waals surface area contributed by atoms with Crippen molar-refractivity contribution in [2.75, 3.05) is 25.0 Å². The van der Waals surface area contributed by atoms with Crippen LogP contribution in [-0.2, 0) is 6.42 Å². The number of hydrogen-bond donors (Lipinski definition) is 2. The van der Waals surface area contributed by atoms with Gasteiger partial charge in [0.2, 0.25) is 0 Å². The van der Waals surface area contributed by atoms with E-state index in [9.17, 15) is 9.90 Å². The van der Waals surface area contributed by atoms with Gasteiger partial charge in [0.25, 0.3) is 5.91 Å². The van der Waals surface area contributed by atoms with E-state index in [0.717, 1.165) is 18.7 Å². The Morgan fingerprint density at radius 3 is 2.84 bits per heavy atom. The van der Waals surface area contributed by atoms with Crippen LogP contribution in [0.3, 0.4) is 0 Å². The van der Waals surface area contributed by atoms with Crippen molar-refractivity contribution < 1.29 is 9.90 Å². The van der Waals surface area contributed by atoms with Crippen molar-refractivity contribution in [3.05, 3.63) is 29.3 Å². The molecule has 0 fully saturated rings. The molecule has 1 aliphatic heterocycles. The molecule has 104 valence electrons. The maximum atomic E-state index is 12.4. The number of carbonyl (C=O) groups is 1. The van der Waals surface area contributed by atoms with E-state index in [-0.39, 0.29) is 5.91 Å². The molecule has 4 heteroatoms. The number of rotatable bonds is 4. The molecule has 0 saturated carbocycles. The lowest BCUT2D eigenvalue weighted by molar-refractivity contribution is 0.0314. The Kier molecular flexibility index (Phi) is 3.80. The van der Waals surface area contributed by atoms with Crippen LogP contribution in [0.25, 0.3) is 0 Å². The summed E-state index contributed by atoms with van der Waals surface area (Å²) in [7, 11) is 0. The second-order valence-corrected chi connectivity index (χ2v) is 5.68. The first-order chi connectivity index (χ1) is 8.90. The average Bonchev–Trinajstić information content (AvgIpc) is 2.81. The van der Waals surface area contributed by atoms with Crippen molar-refractivity contribution in [3.8, 4) is 0 Å². The number of benzene rings is 1. The number of carbonyl (C=O) groups excluding carboxylic acids is 1. The highest BCUT2D eigenvalue weighted by molar-refractivity contribution is 5.95. The van der Waals surface area contributed by atoms with Gasteiger partial charge in [0.15, 0.2) is 0 Å². The Hall–Kier alpha value is -1.55. The van der Waals surface area contributed by atoms with Crippen LogP contribution in [-0.4, -0.2) is 41.1 Å². The molecular weight excluding hydrogens is 240 g/mol. The van der Waals surface area contributed by atoms with E-state index in [1.54, 1.807) is 18.7 Å². The average molecular weight is 262 g/mol. The number of aliphatic hydroxyl groups is 1. The second kappa shape index (κ2) is 5.21. The van der Waals surface area contributed by atoms with Crippen molar-refractivity contribution in [2.24, 2.45) is 0 Å². The summed E-state index contributed by atoms with van der Waals surface area (Å²) in [6.07, 6.45) is 0.966. The third-order valence-electron chi connectivity index (χ3n) is 3.31. The van der Waals surface area contributed by atoms with Gasteiger partial charge in [0.1, 0.15) is 0 Å². The van der Waals surface area contributed by atoms with Crippen LogP contribution in [0, 0.1) is 0 Å². The smallest absolute Gasteiger partial charge is 0.253 e. The second-order valence-electron chi connectivity index (χ2n) is 5.68. The molecule has 0 unspecified atom stereocenters. The molecule has 0 radical (unpaired) electrons. The van der Waals surface area contributed by atoms with E-state index in [2.05, 4.69) is 5.32 Å². The lowest BCUT2D eigenvalue weighted by Crippen LogP contribution is -2.42. The Morgan fingerprint density at radius 1 is 1.47 bits per heavy atom. The lowest BCUT2D eigenvalue weighted by Gasteiger charge is -2.28. The first-order valence-corrected chi connectivity index (χ1v) is 6.79. The van der Waals surface area contributed by atoms with Gasteiger partial charge in [-0.15, -0.1) is 0 Å². The van der Waals surface area contributed by atoms with E-state index in [0.29, 0.717) is 18.7 Å². The maximum Gasteiger partial charge on any atom is 0.253 e. The molecule has 1 aromatic rings. The molecule has 0 aromatic heterocycles. The van der Waals surface area contributed by atoms with Crippen molar-refractivity contribution >= 4 is 11.6 Å². The summed E-state index contributed by atoms with van der Waals surface area (Å²) in [5.41, 5.74) is 2.16. The van der Waals surface area contributed by atoms with Gasteiger partial charge in [-0.2, -0.15) is 0 Å². The van der Waals surface area contributed by atoms with Gasteiger partial charge in [-0.1, -0.05) is 0 Å². The normalized spacial score (nSPS) is 13.9. The number of hydrogen-bond acceptors (Lipinski definition) is 3. The fourth-order valence-electron chi connectivity index (χ4n) is 2.41. The van der Waals surface area contributed by atoms with Crippen molar-refractivity contribution in [2.45, 2.75) is 32.8 Å². The summed E-state index contributed by atoms with van der Waals surface area (Å²) in [5, 5.41) is 13.1. The fraction of sp³-hybridized carbons (Fsp3) is 0.533. The standard InChI is InChI=1S/C15H22N2O2/c1-4-17(10-15(2,3)19)14(18)12-5-6-13-11(9-12)7-8-16-13/h5-6,9,16,19H,4,7-8,10H2,1-3H3. The first kappa shape index (κ1) is 13.9. The van der Waals surface area contributed by atoms with Gasteiger partial charge >= 0.3 is 0 Å². The van der Waals surface area contributed by atoms with Crippen molar-refractivity contribution in [1.29, 1.82) is 0 Å². The predicted molar refractivity (Wildman–Crippen MR) is 76.5 cm³/mol. The molecule has 2 rings (SSSR count). The summed E-state index contributed by atoms with van der Waals surface area (Å²) < 4.78 is 0. The Bertz CT molecular complexity index is 478. The zero-order valence-corrected chi connectivity index (χ0v) is 11.9. The van der Waals surface area contributed by atoms with Gasteiger partial charge < -0.3 is 15.3 Å². The van der Waals surface area contributed by atoms with Crippen LogP contribution in [0.2, 0.25) is 0 Å². The molecule has 1 aromatic carbocycles. The minimum atomic E-state index is -0.871. The number of fused-ring (bicyclic) bond motifs is 1. The fourth-order valence-corrected chi connectivity index (χ4v) is 2.41. The number of nitrogens with zero attached hydrogens (tertiary/aromatic N) is 1. The molecular formula is C15H22N2O2. The quantitative estimate of drug-likeness (QED) is 0.871. The van der Waals surface area contributed by atoms with Crippen molar-refractivity contribution in [3.63, 3.8) is 0 Å². The number of amides is 1. The Labute approximate surface area is 114 Å². The highest BCUT2D eigenvalue weighted by Crippen LogP contribution is 2.23. The molecule has 0 aliphatic carbocycles. The highest BCUT2D eigenvalue weighted by Gasteiger charge is 2.23. The third-order valence-corrected chi connectivity index (χ3v) is 3.31. The van der Waals surface area contributed by atoms with Gasteiger partial charge in [0, 0.05) is 30.9 Å². The summed E-state index contributed by atoms with van der Waals surface area (Å²) in [6.45, 7) is 7.24. The number of nitrogens with one attached hydrogen (secondary N) is 1. The first-order valence-electron chi connectivity index (χ1n) is 6.79. The molecule has 1 aliphatic rings. The minimum Gasteiger partial charge on any atom is -0.389 e. The zero-order valence-electron chi connectivity index (χ0n) is 11.9. The van der Waals surface area contributed by atoms with E-state index >= 15 is 0 Å². The van der Waals surface area contributed by atoms with Crippen LogP contribution in [0.1, 0.15) is 36.7 Å². The lowest BCUT2D eigenvalue weighted by atomic mass is 10.1. The van der Waals surface area contributed by atoms with Crippen LogP contribution in [0.4, 0.5) is 5.69 Å². The van der Waals surface area contributed by atoms with E-state index in [1.807, 2.05) is 25.1 Å². The monoisotopic (exact) mass is 262 g/mol. The molecule has 0 spiro atoms. The van der Waals surface area contributed by atoms with Crippen LogP contribution in [0.5, 0.6) is 0 Å². The highest BCUT2D eigenvalue weighted by atomic mass is 16.3. The van der Waals surface area contributed by atoms with Gasteiger partial charge in [0.05, 0.1) is 5.60 Å². The van der Waals surface area contributed by atoms with Crippen molar-refractivity contribution in [1.82, 2.24) is 4.90 Å². The van der Waals surface area contributed by atoms with Gasteiger partial charge in [-0.25, -0.2) is 0 Å². The van der Waals surface area contributed by atoms with Crippen LogP contribution >= 0.6 is 0 Å². The van der Waals surface area contributed by atoms with E-state index < -0.39 is 5.60 Å². The van der Waals surface area contributed by atoms with Crippen LogP contribution in [0.15, 0.2) is 18.2 Å². The SMILES string of the molecule is CCN(CC(C)(C)O)C(=O)c1ccc2c(c1)CCN2. The Morgan fingerprint density at radius 2 is 2.21 bits per heavy atom. The molecule has 1 heterocycles. The molecule has 0 bridgehead atoms. The minimum absolute atomic E-state index is 0.0145. The summed E-state index contributed by atoms with van der Waals surface area (Å²) >= 11 is 0. The van der Waals surface area contributed by atoms with Gasteiger partial charge in [-0.3, -0.25) is 4.79 Å². The summed E-state index contributed by atoms with van der Waals surface area (Å²) in [4.78, 5) is 14.1. The number of likely N-dealkylation sites (N-methyl/N-ethyl adjacent to an activating group) is 1. The summed E-state index contributed by atoms with van der Waals surface area (Å²) in [5.74, 6) is -0.0145. The summed E-state index contributed by atoms with van der Waals surface area (Å²) in [6, 6.07) is 5.78. The van der Waals surface area contributed by atoms with E-state index in [1.165, 1.54) is 5.56 Å². The van der Waals surface area contributed by atoms with Crippen LogP contribution < -0.4 is 5.32 Å². The topological polar surface area (TPSA) is 52.6 Å². The van der Waals surface area contributed by atoms with Gasteiger partial charge in [-0.05, 0) is 51.0 Å². The van der Waals surface area contributed by atoms with E-state index in [4.69, 9.17) is 0 Å². The predicted octanol–water partition coefficient (Wildman–Crippen LogP) is 1.89. The number of anilines is 1. The third kappa shape index (κ3) is 3.26. The molecule has 0 atom stereocenters. The molecule has 0 saturated heterocycles. The molecule has 19 heavy (non-hydrogen) atoms. The molecule has 2 N–H and O–H groups in total. The largest absolute Gasteiger partial charge is 0.389 e. The Balaban J connectivity index is 2.18.